The first-order valence-corrected chi connectivity index (χ1v) is 10.2. The van der Waals surface area contributed by atoms with Crippen LogP contribution in [0.5, 0.6) is 0 Å². The molecule has 4 aromatic rings. The smallest absolute Gasteiger partial charge is 0.260 e. The van der Waals surface area contributed by atoms with Crippen LogP contribution in [0, 0.1) is 0 Å². The fourth-order valence-electron chi connectivity index (χ4n) is 3.66. The Morgan fingerprint density at radius 2 is 2.12 bits per heavy atom. The fraction of sp³-hybridized carbons (Fsp3) is 0.238. The quantitative estimate of drug-likeness (QED) is 0.340. The van der Waals surface area contributed by atoms with Crippen LogP contribution in [0.3, 0.4) is 0 Å². The van der Waals surface area contributed by atoms with Gasteiger partial charge in [-0.25, -0.2) is 9.50 Å². The molecule has 0 spiro atoms. The molecule has 2 unspecified atom stereocenters. The molecule has 0 saturated heterocycles. The summed E-state index contributed by atoms with van der Waals surface area (Å²) in [5.41, 5.74) is 6.34. The Labute approximate surface area is 186 Å². The number of carbonyl (C=O) groups excluding carboxylic acids is 1. The second-order valence-electron chi connectivity index (χ2n) is 7.37. The largest absolute Gasteiger partial charge is 0.394 e. The molecule has 0 fully saturated rings. The third-order valence-corrected chi connectivity index (χ3v) is 5.48. The molecule has 32 heavy (non-hydrogen) atoms. The fourth-order valence-corrected chi connectivity index (χ4v) is 3.92. The molecule has 166 valence electrons. The molecule has 0 radical (unpaired) electrons. The maximum Gasteiger partial charge on any atom is 0.260 e. The lowest BCUT2D eigenvalue weighted by Gasteiger charge is -2.22. The maximum absolute atomic E-state index is 13.2. The first-order valence-electron chi connectivity index (χ1n) is 9.82. The highest BCUT2D eigenvalue weighted by Crippen LogP contribution is 2.24. The minimum absolute atomic E-state index is 0.0202. The van der Waals surface area contributed by atoms with Gasteiger partial charge in [-0.05, 0) is 30.5 Å². The minimum Gasteiger partial charge on any atom is -0.394 e. The second kappa shape index (κ2) is 8.58. The topological polar surface area (TPSA) is 148 Å². The van der Waals surface area contributed by atoms with E-state index in [1.54, 1.807) is 43.5 Å². The number of amides is 1. The zero-order valence-corrected chi connectivity index (χ0v) is 17.8. The molecule has 0 aliphatic rings. The molecular formula is C21H21ClN6O4. The van der Waals surface area contributed by atoms with E-state index in [9.17, 15) is 19.8 Å². The molecule has 10 nitrogen and oxygen atoms in total. The summed E-state index contributed by atoms with van der Waals surface area (Å²) in [6.07, 6.45) is 1.98. The van der Waals surface area contributed by atoms with Crippen molar-refractivity contribution in [3.05, 3.63) is 69.4 Å². The lowest BCUT2D eigenvalue weighted by Crippen LogP contribution is -2.36. The standard InChI is InChI=1S/C21H21ClN6O4/c1-11(25-20(31)17-18(23)26-28-7-3-6-24-19(17)28)15-8-12-4-2-5-14(22)16(12)21(32)27(15)9-13(30)10-29/h2-8,11,13,29-30H,9-10H2,1H3,(H2,23,26)(H,25,31). The molecule has 1 amide bonds. The number of aliphatic hydroxyl groups is 2. The molecule has 3 aromatic heterocycles. The predicted octanol–water partition coefficient (Wildman–Crippen LogP) is 1.12. The number of nitrogens with zero attached hydrogens (tertiary/aromatic N) is 4. The lowest BCUT2D eigenvalue weighted by molar-refractivity contribution is 0.0791. The Hall–Kier alpha value is -3.47. The van der Waals surface area contributed by atoms with Crippen molar-refractivity contribution in [2.75, 3.05) is 12.3 Å². The maximum atomic E-state index is 13.2. The monoisotopic (exact) mass is 456 g/mol. The van der Waals surface area contributed by atoms with E-state index >= 15 is 0 Å². The summed E-state index contributed by atoms with van der Waals surface area (Å²) in [6.45, 7) is 0.991. The van der Waals surface area contributed by atoms with Crippen molar-refractivity contribution in [2.45, 2.75) is 25.6 Å². The average molecular weight is 457 g/mol. The first kappa shape index (κ1) is 21.8. The highest BCUT2D eigenvalue weighted by Gasteiger charge is 2.24. The molecule has 0 aliphatic heterocycles. The second-order valence-corrected chi connectivity index (χ2v) is 7.78. The molecule has 2 atom stereocenters. The summed E-state index contributed by atoms with van der Waals surface area (Å²) in [6, 6.07) is 7.77. The van der Waals surface area contributed by atoms with Crippen LogP contribution in [-0.4, -0.2) is 48.0 Å². The zero-order chi connectivity index (χ0) is 23.0. The van der Waals surface area contributed by atoms with Crippen molar-refractivity contribution in [2.24, 2.45) is 0 Å². The third kappa shape index (κ3) is 3.79. The first-order chi connectivity index (χ1) is 15.3. The van der Waals surface area contributed by atoms with Crippen molar-refractivity contribution in [3.63, 3.8) is 0 Å². The number of halogens is 1. The number of carbonyl (C=O) groups is 1. The van der Waals surface area contributed by atoms with Gasteiger partial charge in [-0.1, -0.05) is 23.7 Å². The molecular weight excluding hydrogens is 436 g/mol. The molecule has 4 rings (SSSR count). The zero-order valence-electron chi connectivity index (χ0n) is 17.1. The van der Waals surface area contributed by atoms with Crippen molar-refractivity contribution in [1.82, 2.24) is 24.5 Å². The Balaban J connectivity index is 1.77. The van der Waals surface area contributed by atoms with E-state index in [1.807, 2.05) is 0 Å². The van der Waals surface area contributed by atoms with Crippen molar-refractivity contribution in [3.8, 4) is 0 Å². The highest BCUT2D eigenvalue weighted by atomic mass is 35.5. The number of pyridine rings is 1. The van der Waals surface area contributed by atoms with E-state index in [1.165, 1.54) is 15.3 Å². The van der Waals surface area contributed by atoms with E-state index in [2.05, 4.69) is 15.4 Å². The number of aliphatic hydroxyl groups excluding tert-OH is 2. The van der Waals surface area contributed by atoms with E-state index < -0.39 is 30.2 Å². The number of benzene rings is 1. The third-order valence-electron chi connectivity index (χ3n) is 5.16. The van der Waals surface area contributed by atoms with E-state index in [-0.39, 0.29) is 28.3 Å². The van der Waals surface area contributed by atoms with Crippen molar-refractivity contribution in [1.29, 1.82) is 0 Å². The van der Waals surface area contributed by atoms with Crippen molar-refractivity contribution < 1.29 is 15.0 Å². The van der Waals surface area contributed by atoms with Crippen LogP contribution in [-0.2, 0) is 6.54 Å². The molecule has 1 aromatic carbocycles. The Morgan fingerprint density at radius 3 is 2.88 bits per heavy atom. The molecule has 3 heterocycles. The molecule has 0 aliphatic carbocycles. The molecule has 0 saturated carbocycles. The number of nitrogens with two attached hydrogens (primary N) is 1. The van der Waals surface area contributed by atoms with Gasteiger partial charge in [-0.15, -0.1) is 5.10 Å². The average Bonchev–Trinajstić information content (AvgIpc) is 3.10. The summed E-state index contributed by atoms with van der Waals surface area (Å²) in [5.74, 6) is -0.497. The molecule has 5 N–H and O–H groups in total. The van der Waals surface area contributed by atoms with E-state index in [4.69, 9.17) is 17.3 Å². The summed E-state index contributed by atoms with van der Waals surface area (Å²) in [7, 11) is 0. The van der Waals surface area contributed by atoms with Crippen LogP contribution in [0.1, 0.15) is 29.0 Å². The van der Waals surface area contributed by atoms with Gasteiger partial charge in [0.15, 0.2) is 11.5 Å². The van der Waals surface area contributed by atoms with Gasteiger partial charge in [0.1, 0.15) is 5.56 Å². The van der Waals surface area contributed by atoms with E-state index in [0.29, 0.717) is 16.7 Å². The Kier molecular flexibility index (Phi) is 5.83. The van der Waals surface area contributed by atoms with Crippen LogP contribution in [0.15, 0.2) is 47.5 Å². The number of aromatic nitrogens is 4. The van der Waals surface area contributed by atoms with Gasteiger partial charge in [0.2, 0.25) is 0 Å². The summed E-state index contributed by atoms with van der Waals surface area (Å²) >= 11 is 6.24. The number of hydrogen-bond acceptors (Lipinski definition) is 7. The highest BCUT2D eigenvalue weighted by molar-refractivity contribution is 6.35. The van der Waals surface area contributed by atoms with E-state index in [0.717, 1.165) is 0 Å². The number of rotatable bonds is 6. The van der Waals surface area contributed by atoms with Crippen LogP contribution in [0.2, 0.25) is 5.02 Å². The van der Waals surface area contributed by atoms with Crippen LogP contribution < -0.4 is 16.6 Å². The summed E-state index contributed by atoms with van der Waals surface area (Å²) in [5, 5.41) is 27.4. The lowest BCUT2D eigenvalue weighted by atomic mass is 10.1. The summed E-state index contributed by atoms with van der Waals surface area (Å²) < 4.78 is 2.71. The molecule has 0 bridgehead atoms. The Morgan fingerprint density at radius 1 is 1.34 bits per heavy atom. The number of nitrogen functional groups attached to an aromatic ring is 1. The van der Waals surface area contributed by atoms with Crippen LogP contribution in [0.4, 0.5) is 5.82 Å². The van der Waals surface area contributed by atoms with Gasteiger partial charge in [-0.3, -0.25) is 9.59 Å². The predicted molar refractivity (Wildman–Crippen MR) is 120 cm³/mol. The SMILES string of the molecule is CC(NC(=O)c1c(N)nn2cccnc12)c1cc2cccc(Cl)c2c(=O)n1CC(O)CO. The van der Waals surface area contributed by atoms with Gasteiger partial charge in [0, 0.05) is 18.1 Å². The number of hydrogen-bond donors (Lipinski definition) is 4. The van der Waals surface area contributed by atoms with Gasteiger partial charge < -0.3 is 25.8 Å². The summed E-state index contributed by atoms with van der Waals surface area (Å²) in [4.78, 5) is 30.4. The number of nitrogens with one attached hydrogen (secondary N) is 1. The minimum atomic E-state index is -1.17. The van der Waals surface area contributed by atoms with Gasteiger partial charge in [0.25, 0.3) is 11.5 Å². The van der Waals surface area contributed by atoms with Crippen LogP contribution >= 0.6 is 11.6 Å². The number of anilines is 1. The van der Waals surface area contributed by atoms with Gasteiger partial charge in [-0.2, -0.15) is 0 Å². The van der Waals surface area contributed by atoms with Crippen LogP contribution in [0.25, 0.3) is 16.4 Å². The normalized spacial score (nSPS) is 13.4. The Bertz CT molecular complexity index is 1380. The van der Waals surface area contributed by atoms with Crippen molar-refractivity contribution >= 4 is 39.7 Å². The number of fused-ring (bicyclic) bond motifs is 2. The van der Waals surface area contributed by atoms with Gasteiger partial charge in [0.05, 0.1) is 35.7 Å². The molecule has 11 heteroatoms. The van der Waals surface area contributed by atoms with Gasteiger partial charge >= 0.3 is 0 Å².